The third-order valence-corrected chi connectivity index (χ3v) is 4.54. The van der Waals surface area contributed by atoms with E-state index in [1.807, 2.05) is 16.0 Å². The molecule has 0 aliphatic heterocycles. The molecule has 0 N–H and O–H groups in total. The number of nitrogens with zero attached hydrogens (tertiary/aromatic N) is 3. The molecule has 1 aromatic carbocycles. The van der Waals surface area contributed by atoms with Gasteiger partial charge in [0.2, 0.25) is 0 Å². The quantitative estimate of drug-likeness (QED) is 0.543. The lowest BCUT2D eigenvalue weighted by Crippen LogP contribution is -1.90. The predicted molar refractivity (Wildman–Crippen MR) is 83.0 cm³/mol. The first-order chi connectivity index (χ1) is 9.78. The molecule has 0 aliphatic carbocycles. The number of rotatable bonds is 4. The Bertz CT molecular complexity index is 743. The number of imidazole rings is 1. The Morgan fingerprint density at radius 3 is 2.90 bits per heavy atom. The van der Waals surface area contributed by atoms with Crippen LogP contribution in [-0.4, -0.2) is 22.7 Å². The SMILES string of the molecule is CO/N=C\c1c(Sc2ccc(C)cc2)nc2sccn12. The van der Waals surface area contributed by atoms with Crippen molar-refractivity contribution in [2.24, 2.45) is 5.16 Å². The zero-order valence-electron chi connectivity index (χ0n) is 11.1. The second-order valence-electron chi connectivity index (χ2n) is 4.19. The molecule has 0 atom stereocenters. The molecule has 0 spiro atoms. The van der Waals surface area contributed by atoms with E-state index in [0.29, 0.717) is 0 Å². The average molecular weight is 303 g/mol. The summed E-state index contributed by atoms with van der Waals surface area (Å²) in [7, 11) is 1.54. The van der Waals surface area contributed by atoms with Gasteiger partial charge in [-0.25, -0.2) is 4.98 Å². The van der Waals surface area contributed by atoms with Crippen LogP contribution in [-0.2, 0) is 4.84 Å². The number of thiazole rings is 1. The van der Waals surface area contributed by atoms with Crippen molar-refractivity contribution >= 4 is 34.3 Å². The molecule has 102 valence electrons. The molecule has 0 fully saturated rings. The van der Waals surface area contributed by atoms with Gasteiger partial charge in [0.05, 0.1) is 6.21 Å². The molecule has 3 rings (SSSR count). The summed E-state index contributed by atoms with van der Waals surface area (Å²) in [4.78, 5) is 11.5. The second kappa shape index (κ2) is 5.68. The molecule has 0 saturated heterocycles. The first-order valence-corrected chi connectivity index (χ1v) is 7.74. The number of hydrogen-bond donors (Lipinski definition) is 0. The molecule has 0 amide bonds. The van der Waals surface area contributed by atoms with E-state index in [0.717, 1.165) is 20.6 Å². The smallest absolute Gasteiger partial charge is 0.195 e. The van der Waals surface area contributed by atoms with Crippen molar-refractivity contribution < 1.29 is 4.84 Å². The van der Waals surface area contributed by atoms with Crippen LogP contribution in [0.4, 0.5) is 0 Å². The molecule has 0 radical (unpaired) electrons. The molecular weight excluding hydrogens is 290 g/mol. The summed E-state index contributed by atoms with van der Waals surface area (Å²) in [5.74, 6) is 0. The van der Waals surface area contributed by atoms with Crippen LogP contribution in [0.2, 0.25) is 0 Å². The average Bonchev–Trinajstić information content (AvgIpc) is 3.00. The van der Waals surface area contributed by atoms with Crippen LogP contribution in [0.1, 0.15) is 11.3 Å². The van der Waals surface area contributed by atoms with Crippen molar-refractivity contribution in [3.63, 3.8) is 0 Å². The molecule has 2 aromatic heterocycles. The molecule has 0 unspecified atom stereocenters. The van der Waals surface area contributed by atoms with E-state index in [4.69, 9.17) is 4.84 Å². The third kappa shape index (κ3) is 2.57. The summed E-state index contributed by atoms with van der Waals surface area (Å²) in [6, 6.07) is 8.41. The summed E-state index contributed by atoms with van der Waals surface area (Å²) in [5, 5.41) is 6.80. The molecule has 20 heavy (non-hydrogen) atoms. The Morgan fingerprint density at radius 1 is 1.35 bits per heavy atom. The minimum Gasteiger partial charge on any atom is -0.399 e. The summed E-state index contributed by atoms with van der Waals surface area (Å²) < 4.78 is 2.02. The van der Waals surface area contributed by atoms with Gasteiger partial charge < -0.3 is 4.84 Å². The molecule has 3 aromatic rings. The van der Waals surface area contributed by atoms with Crippen LogP contribution in [0.15, 0.2) is 50.9 Å². The predicted octanol–water partition coefficient (Wildman–Crippen LogP) is 3.84. The van der Waals surface area contributed by atoms with E-state index < -0.39 is 0 Å². The van der Waals surface area contributed by atoms with Gasteiger partial charge >= 0.3 is 0 Å². The normalized spacial score (nSPS) is 11.5. The Labute approximate surface area is 125 Å². The maximum atomic E-state index is 4.78. The minimum absolute atomic E-state index is 0.932. The van der Waals surface area contributed by atoms with Gasteiger partial charge in [-0.1, -0.05) is 34.6 Å². The highest BCUT2D eigenvalue weighted by atomic mass is 32.2. The summed E-state index contributed by atoms with van der Waals surface area (Å²) in [6.45, 7) is 2.08. The summed E-state index contributed by atoms with van der Waals surface area (Å²) in [6.07, 6.45) is 3.69. The minimum atomic E-state index is 0.932. The van der Waals surface area contributed by atoms with Gasteiger partial charge in [0, 0.05) is 16.5 Å². The monoisotopic (exact) mass is 303 g/mol. The fourth-order valence-electron chi connectivity index (χ4n) is 1.80. The Balaban J connectivity index is 1.99. The fraction of sp³-hybridized carbons (Fsp3) is 0.143. The largest absolute Gasteiger partial charge is 0.399 e. The first kappa shape index (κ1) is 13.2. The van der Waals surface area contributed by atoms with E-state index in [-0.39, 0.29) is 0 Å². The Kier molecular flexibility index (Phi) is 3.75. The van der Waals surface area contributed by atoms with Crippen molar-refractivity contribution in [1.82, 2.24) is 9.38 Å². The van der Waals surface area contributed by atoms with E-state index in [1.165, 1.54) is 12.7 Å². The topological polar surface area (TPSA) is 38.9 Å². The highest BCUT2D eigenvalue weighted by Crippen LogP contribution is 2.31. The molecule has 0 bridgehead atoms. The molecular formula is C14H13N3OS2. The van der Waals surface area contributed by atoms with E-state index in [2.05, 4.69) is 41.3 Å². The standard InChI is InChI=1S/C14H13N3OS2/c1-10-3-5-11(6-4-10)20-13-12(9-15-18-2)17-7-8-19-14(17)16-13/h3-9H,1-2H3/b15-9-. The number of fused-ring (bicyclic) bond motifs is 1. The molecule has 2 heterocycles. The van der Waals surface area contributed by atoms with Crippen LogP contribution in [0, 0.1) is 6.92 Å². The van der Waals surface area contributed by atoms with Crippen LogP contribution in [0.5, 0.6) is 0 Å². The maximum absolute atomic E-state index is 4.78. The molecule has 4 nitrogen and oxygen atoms in total. The molecule has 0 saturated carbocycles. The highest BCUT2D eigenvalue weighted by molar-refractivity contribution is 7.99. The first-order valence-electron chi connectivity index (χ1n) is 6.04. The second-order valence-corrected chi connectivity index (χ2v) is 6.13. The van der Waals surface area contributed by atoms with E-state index in [1.54, 1.807) is 29.3 Å². The lowest BCUT2D eigenvalue weighted by atomic mass is 10.2. The van der Waals surface area contributed by atoms with E-state index >= 15 is 0 Å². The number of benzene rings is 1. The fourth-order valence-corrected chi connectivity index (χ4v) is 3.46. The summed E-state index contributed by atoms with van der Waals surface area (Å²) in [5.41, 5.74) is 2.19. The number of oxime groups is 1. The van der Waals surface area contributed by atoms with Crippen LogP contribution in [0.3, 0.4) is 0 Å². The highest BCUT2D eigenvalue weighted by Gasteiger charge is 2.13. The van der Waals surface area contributed by atoms with Gasteiger partial charge in [-0.3, -0.25) is 4.40 Å². The van der Waals surface area contributed by atoms with Gasteiger partial charge in [0.1, 0.15) is 17.8 Å². The zero-order valence-corrected chi connectivity index (χ0v) is 12.7. The van der Waals surface area contributed by atoms with Crippen LogP contribution < -0.4 is 0 Å². The third-order valence-electron chi connectivity index (χ3n) is 2.78. The van der Waals surface area contributed by atoms with E-state index in [9.17, 15) is 0 Å². The lowest BCUT2D eigenvalue weighted by Gasteiger charge is -2.00. The summed E-state index contributed by atoms with van der Waals surface area (Å²) >= 11 is 3.24. The molecule has 0 aliphatic rings. The van der Waals surface area contributed by atoms with Gasteiger partial charge in [-0.05, 0) is 19.1 Å². The van der Waals surface area contributed by atoms with Crippen molar-refractivity contribution in [2.75, 3.05) is 7.11 Å². The van der Waals surface area contributed by atoms with Crippen LogP contribution >= 0.6 is 23.1 Å². The lowest BCUT2D eigenvalue weighted by molar-refractivity contribution is 0.215. The number of aryl methyl sites for hydroxylation is 1. The van der Waals surface area contributed by atoms with Crippen molar-refractivity contribution in [3.8, 4) is 0 Å². The maximum Gasteiger partial charge on any atom is 0.195 e. The zero-order chi connectivity index (χ0) is 13.9. The van der Waals surface area contributed by atoms with Gasteiger partial charge in [-0.2, -0.15) is 0 Å². The van der Waals surface area contributed by atoms with Gasteiger partial charge in [-0.15, -0.1) is 11.3 Å². The van der Waals surface area contributed by atoms with Crippen molar-refractivity contribution in [3.05, 3.63) is 47.1 Å². The number of hydrogen-bond acceptors (Lipinski definition) is 5. The Hall–Kier alpha value is -1.79. The molecule has 6 heteroatoms. The van der Waals surface area contributed by atoms with Crippen LogP contribution in [0.25, 0.3) is 4.96 Å². The van der Waals surface area contributed by atoms with Crippen molar-refractivity contribution in [1.29, 1.82) is 0 Å². The van der Waals surface area contributed by atoms with Gasteiger partial charge in [0.15, 0.2) is 4.96 Å². The van der Waals surface area contributed by atoms with Crippen molar-refractivity contribution in [2.45, 2.75) is 16.8 Å². The number of aromatic nitrogens is 2. The van der Waals surface area contributed by atoms with Gasteiger partial charge in [0.25, 0.3) is 0 Å². The Morgan fingerprint density at radius 2 is 2.15 bits per heavy atom.